The molecular formula is C22H26ClN5. The van der Waals surface area contributed by atoms with Crippen molar-refractivity contribution >= 4 is 34.7 Å². The summed E-state index contributed by atoms with van der Waals surface area (Å²) in [6.07, 6.45) is 5.35. The molecule has 5 nitrogen and oxygen atoms in total. The van der Waals surface area contributed by atoms with E-state index in [4.69, 9.17) is 11.6 Å². The fraction of sp³-hybridized carbons (Fsp3) is 0.273. The standard InChI is InChI=1S/C22H26ClN5/c1-3-4-7-14-25-22(24-2)28-26-15-19-18-8-5-6-9-20(18)27-21(19)16-10-12-17(23)13-11-16/h5-6,8-13,15,27H,3-4,7,14H2,1-2H3,(H2,24,25,28). The van der Waals surface area contributed by atoms with Gasteiger partial charge in [-0.25, -0.2) is 5.43 Å². The van der Waals surface area contributed by atoms with Crippen molar-refractivity contribution in [1.29, 1.82) is 0 Å². The molecule has 3 aromatic rings. The van der Waals surface area contributed by atoms with Crippen LogP contribution in [0.5, 0.6) is 0 Å². The number of aromatic amines is 1. The van der Waals surface area contributed by atoms with Gasteiger partial charge in [0.15, 0.2) is 0 Å². The third-order valence-electron chi connectivity index (χ3n) is 4.54. The number of rotatable bonds is 7. The lowest BCUT2D eigenvalue weighted by Crippen LogP contribution is -2.34. The van der Waals surface area contributed by atoms with Gasteiger partial charge in [-0.15, -0.1) is 0 Å². The van der Waals surface area contributed by atoms with Gasteiger partial charge in [-0.05, 0) is 30.2 Å². The molecular weight excluding hydrogens is 370 g/mol. The Hall–Kier alpha value is -2.79. The van der Waals surface area contributed by atoms with Gasteiger partial charge in [0.2, 0.25) is 5.96 Å². The maximum atomic E-state index is 6.05. The predicted molar refractivity (Wildman–Crippen MR) is 120 cm³/mol. The average Bonchev–Trinajstić information content (AvgIpc) is 3.09. The topological polar surface area (TPSA) is 64.6 Å². The summed E-state index contributed by atoms with van der Waals surface area (Å²) in [6, 6.07) is 16.0. The summed E-state index contributed by atoms with van der Waals surface area (Å²) in [5.74, 6) is 0.667. The fourth-order valence-corrected chi connectivity index (χ4v) is 3.18. The van der Waals surface area contributed by atoms with E-state index >= 15 is 0 Å². The van der Waals surface area contributed by atoms with Crippen molar-refractivity contribution in [2.75, 3.05) is 13.6 Å². The molecule has 3 rings (SSSR count). The summed E-state index contributed by atoms with van der Waals surface area (Å²) in [4.78, 5) is 7.71. The molecule has 0 amide bonds. The number of guanidine groups is 1. The molecule has 0 aliphatic rings. The first-order valence-electron chi connectivity index (χ1n) is 9.59. The third-order valence-corrected chi connectivity index (χ3v) is 4.79. The molecule has 0 bridgehead atoms. The molecule has 0 saturated carbocycles. The number of fused-ring (bicyclic) bond motifs is 1. The van der Waals surface area contributed by atoms with Crippen molar-refractivity contribution in [3.8, 4) is 11.3 Å². The number of nitrogens with one attached hydrogen (secondary N) is 3. The van der Waals surface area contributed by atoms with Crippen molar-refractivity contribution in [3.05, 3.63) is 59.1 Å². The molecule has 28 heavy (non-hydrogen) atoms. The molecule has 0 unspecified atom stereocenters. The molecule has 0 atom stereocenters. The lowest BCUT2D eigenvalue weighted by Gasteiger charge is -2.07. The van der Waals surface area contributed by atoms with Gasteiger partial charge in [0.25, 0.3) is 0 Å². The van der Waals surface area contributed by atoms with Crippen LogP contribution in [0.4, 0.5) is 0 Å². The SMILES string of the molecule is CCCCCNC(=NC)NN=Cc1c(-c2ccc(Cl)cc2)[nH]c2ccccc12. The van der Waals surface area contributed by atoms with Gasteiger partial charge >= 0.3 is 0 Å². The number of hydrazone groups is 1. The largest absolute Gasteiger partial charge is 0.355 e. The average molecular weight is 396 g/mol. The molecule has 0 aliphatic carbocycles. The summed E-state index contributed by atoms with van der Waals surface area (Å²) >= 11 is 6.05. The van der Waals surface area contributed by atoms with E-state index in [-0.39, 0.29) is 0 Å². The molecule has 0 fully saturated rings. The molecule has 1 aromatic heterocycles. The van der Waals surface area contributed by atoms with Crippen LogP contribution >= 0.6 is 11.6 Å². The van der Waals surface area contributed by atoms with Gasteiger partial charge in [-0.1, -0.05) is 61.7 Å². The molecule has 6 heteroatoms. The van der Waals surface area contributed by atoms with Crippen LogP contribution in [0.25, 0.3) is 22.2 Å². The highest BCUT2D eigenvalue weighted by Gasteiger charge is 2.11. The first kappa shape index (κ1) is 20.0. The van der Waals surface area contributed by atoms with Crippen LogP contribution in [0.2, 0.25) is 5.02 Å². The smallest absolute Gasteiger partial charge is 0.211 e. The Kier molecular flexibility index (Phi) is 7.09. The minimum atomic E-state index is 0.667. The van der Waals surface area contributed by atoms with Gasteiger partial charge < -0.3 is 10.3 Å². The van der Waals surface area contributed by atoms with E-state index in [1.165, 1.54) is 12.8 Å². The number of hydrogen-bond donors (Lipinski definition) is 3. The minimum Gasteiger partial charge on any atom is -0.355 e. The first-order valence-corrected chi connectivity index (χ1v) is 9.97. The van der Waals surface area contributed by atoms with Crippen LogP contribution in [0.1, 0.15) is 31.7 Å². The number of para-hydroxylation sites is 1. The second-order valence-electron chi connectivity index (χ2n) is 6.54. The number of benzene rings is 2. The normalized spacial score (nSPS) is 12.0. The van der Waals surface area contributed by atoms with Crippen LogP contribution in [0.15, 0.2) is 58.6 Å². The van der Waals surface area contributed by atoms with Gasteiger partial charge in [0, 0.05) is 35.1 Å². The molecule has 1 heterocycles. The van der Waals surface area contributed by atoms with E-state index in [9.17, 15) is 0 Å². The Bertz CT molecular complexity index is 957. The van der Waals surface area contributed by atoms with E-state index in [1.54, 1.807) is 7.05 Å². The van der Waals surface area contributed by atoms with Crippen LogP contribution < -0.4 is 10.7 Å². The van der Waals surface area contributed by atoms with Crippen molar-refractivity contribution in [1.82, 2.24) is 15.7 Å². The Balaban J connectivity index is 1.82. The number of unbranched alkanes of at least 4 members (excludes halogenated alkanes) is 2. The summed E-state index contributed by atoms with van der Waals surface area (Å²) < 4.78 is 0. The zero-order valence-electron chi connectivity index (χ0n) is 16.3. The number of halogens is 1. The number of nitrogens with zero attached hydrogens (tertiary/aromatic N) is 2. The Labute approximate surface area is 170 Å². The summed E-state index contributed by atoms with van der Waals surface area (Å²) in [7, 11) is 1.75. The highest BCUT2D eigenvalue weighted by atomic mass is 35.5. The lowest BCUT2D eigenvalue weighted by atomic mass is 10.1. The third kappa shape index (κ3) is 4.93. The number of H-pyrrole nitrogens is 1. The molecule has 146 valence electrons. The van der Waals surface area contributed by atoms with Crippen LogP contribution in [0.3, 0.4) is 0 Å². The van der Waals surface area contributed by atoms with Crippen molar-refractivity contribution in [2.45, 2.75) is 26.2 Å². The highest BCUT2D eigenvalue weighted by molar-refractivity contribution is 6.30. The second kappa shape index (κ2) is 9.95. The van der Waals surface area contributed by atoms with E-state index in [0.717, 1.165) is 45.7 Å². The van der Waals surface area contributed by atoms with Crippen molar-refractivity contribution in [2.24, 2.45) is 10.1 Å². The van der Waals surface area contributed by atoms with E-state index in [0.29, 0.717) is 5.96 Å². The monoisotopic (exact) mass is 395 g/mol. The van der Waals surface area contributed by atoms with Crippen molar-refractivity contribution < 1.29 is 0 Å². The number of aliphatic imine (C=N–C) groups is 1. The minimum absolute atomic E-state index is 0.667. The maximum Gasteiger partial charge on any atom is 0.211 e. The number of aromatic nitrogens is 1. The van der Waals surface area contributed by atoms with Gasteiger partial charge in [0.1, 0.15) is 0 Å². The molecule has 0 aliphatic heterocycles. The van der Waals surface area contributed by atoms with Gasteiger partial charge in [0.05, 0.1) is 11.9 Å². The van der Waals surface area contributed by atoms with Gasteiger partial charge in [-0.3, -0.25) is 4.99 Å². The molecule has 0 spiro atoms. The van der Waals surface area contributed by atoms with E-state index < -0.39 is 0 Å². The quantitative estimate of drug-likeness (QED) is 0.223. The fourth-order valence-electron chi connectivity index (χ4n) is 3.05. The molecule has 3 N–H and O–H groups in total. The molecule has 0 radical (unpaired) electrons. The van der Waals surface area contributed by atoms with Crippen molar-refractivity contribution in [3.63, 3.8) is 0 Å². The van der Waals surface area contributed by atoms with Crippen LogP contribution in [-0.4, -0.2) is 30.8 Å². The van der Waals surface area contributed by atoms with E-state index in [2.05, 4.69) is 44.9 Å². The maximum absolute atomic E-state index is 6.05. The molecule has 0 saturated heterocycles. The predicted octanol–water partition coefficient (Wildman–Crippen LogP) is 5.18. The molecule has 2 aromatic carbocycles. The summed E-state index contributed by atoms with van der Waals surface area (Å²) in [5, 5.41) is 9.53. The van der Waals surface area contributed by atoms with Crippen LogP contribution in [0, 0.1) is 0 Å². The first-order chi connectivity index (χ1) is 13.7. The zero-order chi connectivity index (χ0) is 19.8. The van der Waals surface area contributed by atoms with E-state index in [1.807, 2.05) is 42.6 Å². The Morgan fingerprint density at radius 2 is 1.89 bits per heavy atom. The second-order valence-corrected chi connectivity index (χ2v) is 6.98. The highest BCUT2D eigenvalue weighted by Crippen LogP contribution is 2.29. The Morgan fingerprint density at radius 3 is 2.64 bits per heavy atom. The number of hydrogen-bond acceptors (Lipinski definition) is 2. The Morgan fingerprint density at radius 1 is 1.11 bits per heavy atom. The van der Waals surface area contributed by atoms with Crippen LogP contribution in [-0.2, 0) is 0 Å². The lowest BCUT2D eigenvalue weighted by molar-refractivity contribution is 0.686. The summed E-state index contributed by atoms with van der Waals surface area (Å²) in [5.41, 5.74) is 7.16. The van der Waals surface area contributed by atoms with Gasteiger partial charge in [-0.2, -0.15) is 5.10 Å². The zero-order valence-corrected chi connectivity index (χ0v) is 17.1. The summed E-state index contributed by atoms with van der Waals surface area (Å²) in [6.45, 7) is 3.07.